The van der Waals surface area contributed by atoms with Gasteiger partial charge in [0.15, 0.2) is 0 Å². The van der Waals surface area contributed by atoms with Gasteiger partial charge in [0.1, 0.15) is 0 Å². The zero-order valence-electron chi connectivity index (χ0n) is 14.4. The minimum absolute atomic E-state index is 0.0130. The maximum Gasteiger partial charge on any atom is 0.390 e. The predicted octanol–water partition coefficient (Wildman–Crippen LogP) is 6.14. The lowest BCUT2D eigenvalue weighted by Crippen LogP contribution is -2.27. The average Bonchev–Trinajstić information content (AvgIpc) is 3.39. The zero-order valence-corrected chi connectivity index (χ0v) is 17.3. The van der Waals surface area contributed by atoms with Crippen LogP contribution < -0.4 is 5.32 Å². The third-order valence-electron chi connectivity index (χ3n) is 4.65. The van der Waals surface area contributed by atoms with Gasteiger partial charge in [0, 0.05) is 26.4 Å². The Morgan fingerprint density at radius 2 is 2.07 bits per heavy atom. The first-order chi connectivity index (χ1) is 12.7. The molecule has 0 aliphatic heterocycles. The number of benzene rings is 1. The number of fused-ring (bicyclic) bond motifs is 1. The monoisotopic (exact) mass is 510 g/mol. The molecule has 1 saturated carbocycles. The van der Waals surface area contributed by atoms with Crippen LogP contribution in [0.25, 0.3) is 10.9 Å². The van der Waals surface area contributed by atoms with Gasteiger partial charge in [-0.2, -0.15) is 13.2 Å². The third kappa shape index (κ3) is 5.94. The summed E-state index contributed by atoms with van der Waals surface area (Å²) < 4.78 is 38.8. The highest BCUT2D eigenvalue weighted by atomic mass is 127. The smallest absolute Gasteiger partial charge is 0.324 e. The van der Waals surface area contributed by atoms with Crippen molar-refractivity contribution in [2.45, 2.75) is 43.7 Å². The molecule has 3 nitrogen and oxygen atoms in total. The van der Waals surface area contributed by atoms with E-state index < -0.39 is 23.9 Å². The van der Waals surface area contributed by atoms with Gasteiger partial charge in [-0.3, -0.25) is 9.78 Å². The average molecular weight is 511 g/mol. The van der Waals surface area contributed by atoms with Crippen LogP contribution in [0.5, 0.6) is 0 Å². The summed E-state index contributed by atoms with van der Waals surface area (Å²) in [7, 11) is 0. The first-order valence-electron chi connectivity index (χ1n) is 8.78. The minimum Gasteiger partial charge on any atom is -0.324 e. The van der Waals surface area contributed by atoms with Gasteiger partial charge in [0.05, 0.1) is 17.6 Å². The highest BCUT2D eigenvalue weighted by molar-refractivity contribution is 14.1. The van der Waals surface area contributed by atoms with Crippen LogP contribution in [0.1, 0.15) is 32.1 Å². The molecule has 0 bridgehead atoms. The zero-order chi connectivity index (χ0) is 19.6. The van der Waals surface area contributed by atoms with Crippen molar-refractivity contribution < 1.29 is 18.0 Å². The van der Waals surface area contributed by atoms with Crippen LogP contribution in [0.3, 0.4) is 0 Å². The van der Waals surface area contributed by atoms with Crippen LogP contribution in [0, 0.1) is 15.4 Å². The number of hydrogen-bond acceptors (Lipinski definition) is 2. The summed E-state index contributed by atoms with van der Waals surface area (Å²) in [5.41, 5.74) is 1.24. The molecule has 2 unspecified atom stereocenters. The molecule has 0 saturated heterocycles. The van der Waals surface area contributed by atoms with Crippen molar-refractivity contribution >= 4 is 56.7 Å². The quantitative estimate of drug-likeness (QED) is 0.359. The second-order valence-corrected chi connectivity index (χ2v) is 8.79. The van der Waals surface area contributed by atoms with E-state index in [2.05, 4.69) is 32.9 Å². The lowest BCUT2D eigenvalue weighted by atomic mass is 9.94. The van der Waals surface area contributed by atoms with E-state index in [0.29, 0.717) is 23.5 Å². The highest BCUT2D eigenvalue weighted by Gasteiger charge is 2.35. The number of halogens is 5. The van der Waals surface area contributed by atoms with Crippen molar-refractivity contribution in [1.29, 1.82) is 0 Å². The summed E-state index contributed by atoms with van der Waals surface area (Å²) in [5, 5.41) is 2.68. The van der Waals surface area contributed by atoms with Crippen LogP contribution in [-0.2, 0) is 4.79 Å². The van der Waals surface area contributed by atoms with E-state index in [4.69, 9.17) is 11.6 Å². The lowest BCUT2D eigenvalue weighted by molar-refractivity contribution is -0.136. The summed E-state index contributed by atoms with van der Waals surface area (Å²) in [5.74, 6) is -0.426. The van der Waals surface area contributed by atoms with Gasteiger partial charge in [0.2, 0.25) is 5.91 Å². The molecule has 1 N–H and O–H groups in total. The molecule has 1 heterocycles. The minimum atomic E-state index is -4.33. The maximum atomic E-state index is 12.8. The molecule has 27 heavy (non-hydrogen) atoms. The number of anilines is 1. The first-order valence-corrected chi connectivity index (χ1v) is 10.3. The summed E-state index contributed by atoms with van der Waals surface area (Å²) >= 11 is 8.11. The summed E-state index contributed by atoms with van der Waals surface area (Å²) in [6.45, 7) is 0. The molecular weight excluding hydrogens is 492 g/mol. The van der Waals surface area contributed by atoms with E-state index in [0.717, 1.165) is 21.8 Å². The summed E-state index contributed by atoms with van der Waals surface area (Å²) in [6, 6.07) is 7.39. The topological polar surface area (TPSA) is 42.0 Å². The van der Waals surface area contributed by atoms with E-state index in [-0.39, 0.29) is 12.3 Å². The fourth-order valence-corrected chi connectivity index (χ4v) is 4.19. The Hall–Kier alpha value is -1.09. The number of pyridine rings is 1. The first kappa shape index (κ1) is 20.6. The largest absolute Gasteiger partial charge is 0.390 e. The Morgan fingerprint density at radius 3 is 2.74 bits per heavy atom. The van der Waals surface area contributed by atoms with Gasteiger partial charge in [0.25, 0.3) is 0 Å². The van der Waals surface area contributed by atoms with Gasteiger partial charge in [-0.15, -0.1) is 11.6 Å². The Bertz CT molecular complexity index is 826. The molecule has 8 heteroatoms. The van der Waals surface area contributed by atoms with Crippen LogP contribution in [0.15, 0.2) is 30.5 Å². The Balaban J connectivity index is 1.75. The fraction of sp³-hybridized carbons (Fsp3) is 0.474. The second-order valence-electron chi connectivity index (χ2n) is 7.01. The molecule has 1 aliphatic carbocycles. The van der Waals surface area contributed by atoms with Crippen LogP contribution in [0.2, 0.25) is 0 Å². The highest BCUT2D eigenvalue weighted by Crippen LogP contribution is 2.38. The van der Waals surface area contributed by atoms with Gasteiger partial charge < -0.3 is 5.32 Å². The van der Waals surface area contributed by atoms with Crippen molar-refractivity contribution in [1.82, 2.24) is 4.98 Å². The molecule has 1 aliphatic rings. The van der Waals surface area contributed by atoms with E-state index in [1.54, 1.807) is 12.3 Å². The summed E-state index contributed by atoms with van der Waals surface area (Å²) in [4.78, 5) is 17.2. The molecule has 0 spiro atoms. The number of amides is 1. The Kier molecular flexibility index (Phi) is 6.50. The van der Waals surface area contributed by atoms with Crippen molar-refractivity contribution in [2.24, 2.45) is 11.8 Å². The van der Waals surface area contributed by atoms with Gasteiger partial charge in [-0.05, 0) is 59.5 Å². The number of alkyl halides is 4. The van der Waals surface area contributed by atoms with E-state index in [1.807, 2.05) is 18.2 Å². The number of aromatic nitrogens is 1. The number of hydrogen-bond donors (Lipinski definition) is 1. The SMILES string of the molecule is O=C(Nc1ccc(I)c2cccnc12)C(CC(Cl)CC(F)(F)F)CC1CC1. The molecule has 1 amide bonds. The number of nitrogens with one attached hydrogen (secondary N) is 1. The number of carbonyl (C=O) groups is 1. The Morgan fingerprint density at radius 1 is 1.33 bits per heavy atom. The van der Waals surface area contributed by atoms with Crippen molar-refractivity contribution in [2.75, 3.05) is 5.32 Å². The number of carbonyl (C=O) groups excluding carboxylic acids is 1. The second kappa shape index (κ2) is 8.51. The molecular formula is C19H19ClF3IN2O. The normalized spacial score (nSPS) is 16.9. The van der Waals surface area contributed by atoms with Crippen molar-refractivity contribution in [3.8, 4) is 0 Å². The third-order valence-corrected chi connectivity index (χ3v) is 5.93. The van der Waals surface area contributed by atoms with Crippen LogP contribution >= 0.6 is 34.2 Å². The standard InChI is InChI=1S/C19H19ClF3IN2O/c20-13(10-19(21,22)23)9-12(8-11-3-4-11)18(27)26-16-6-5-15(24)14-2-1-7-25-17(14)16/h1-2,5-7,11-13H,3-4,8-10H2,(H,26,27). The fourth-order valence-electron chi connectivity index (χ4n) is 3.18. The van der Waals surface area contributed by atoms with Gasteiger partial charge in [-0.25, -0.2) is 0 Å². The van der Waals surface area contributed by atoms with Crippen LogP contribution in [-0.4, -0.2) is 22.4 Å². The molecule has 2 aromatic rings. The molecule has 1 fully saturated rings. The van der Waals surface area contributed by atoms with Crippen molar-refractivity contribution in [3.05, 3.63) is 34.0 Å². The van der Waals surface area contributed by atoms with Crippen LogP contribution in [0.4, 0.5) is 18.9 Å². The maximum absolute atomic E-state index is 12.8. The van der Waals surface area contributed by atoms with E-state index >= 15 is 0 Å². The molecule has 2 atom stereocenters. The Labute approximate surface area is 174 Å². The molecule has 146 valence electrons. The van der Waals surface area contributed by atoms with Gasteiger partial charge in [-0.1, -0.05) is 18.9 Å². The number of nitrogens with zero attached hydrogens (tertiary/aromatic N) is 1. The molecule has 3 rings (SSSR count). The molecule has 0 radical (unpaired) electrons. The molecule has 1 aromatic carbocycles. The predicted molar refractivity (Wildman–Crippen MR) is 109 cm³/mol. The summed E-state index contributed by atoms with van der Waals surface area (Å²) in [6.07, 6.45) is -1.15. The number of rotatable bonds is 7. The molecule has 1 aromatic heterocycles. The van der Waals surface area contributed by atoms with Crippen molar-refractivity contribution in [3.63, 3.8) is 0 Å². The lowest BCUT2D eigenvalue weighted by Gasteiger charge is -2.21. The van der Waals surface area contributed by atoms with E-state index in [1.165, 1.54) is 0 Å². The van der Waals surface area contributed by atoms with Gasteiger partial charge >= 0.3 is 6.18 Å². The van der Waals surface area contributed by atoms with E-state index in [9.17, 15) is 18.0 Å².